The van der Waals surface area contributed by atoms with Gasteiger partial charge in [-0.15, -0.1) is 0 Å². The summed E-state index contributed by atoms with van der Waals surface area (Å²) < 4.78 is 11.5. The van der Waals surface area contributed by atoms with Gasteiger partial charge in [-0.05, 0) is 18.2 Å². The van der Waals surface area contributed by atoms with Gasteiger partial charge < -0.3 is 25.0 Å². The average Bonchev–Trinajstić information content (AvgIpc) is 3.16. The van der Waals surface area contributed by atoms with Crippen molar-refractivity contribution >= 4 is 29.1 Å². The third-order valence-corrected chi connectivity index (χ3v) is 4.96. The van der Waals surface area contributed by atoms with Crippen LogP contribution in [0.5, 0.6) is 0 Å². The van der Waals surface area contributed by atoms with Gasteiger partial charge in [0.2, 0.25) is 11.9 Å². The minimum Gasteiger partial charge on any atom is -0.347 e. The molecule has 0 bridgehead atoms. The molecule has 4 rings (SSSR count). The number of ether oxygens (including phenoxy) is 2. The Morgan fingerprint density at radius 2 is 1.66 bits per heavy atom. The molecule has 3 heterocycles. The largest absolute Gasteiger partial charge is 0.347 e. The van der Waals surface area contributed by atoms with Gasteiger partial charge >= 0.3 is 0 Å². The lowest BCUT2D eigenvalue weighted by atomic mass is 10.0. The molecule has 29 heavy (non-hydrogen) atoms. The van der Waals surface area contributed by atoms with Crippen LogP contribution in [0.2, 0.25) is 0 Å². The Bertz CT molecular complexity index is 886. The van der Waals surface area contributed by atoms with Gasteiger partial charge in [-0.2, -0.15) is 0 Å². The summed E-state index contributed by atoms with van der Waals surface area (Å²) in [5.74, 6) is -0.349. The second kappa shape index (κ2) is 8.14. The predicted molar refractivity (Wildman–Crippen MR) is 107 cm³/mol. The maximum absolute atomic E-state index is 12.5. The van der Waals surface area contributed by atoms with Gasteiger partial charge in [0.05, 0.1) is 18.8 Å². The van der Waals surface area contributed by atoms with E-state index in [1.807, 2.05) is 0 Å². The Labute approximate surface area is 168 Å². The van der Waals surface area contributed by atoms with E-state index in [1.165, 1.54) is 19.3 Å². The molecule has 2 fully saturated rings. The van der Waals surface area contributed by atoms with Gasteiger partial charge in [-0.3, -0.25) is 9.59 Å². The molecular weight excluding hydrogens is 374 g/mol. The zero-order chi connectivity index (χ0) is 20.3. The zero-order valence-electron chi connectivity index (χ0n) is 16.2. The molecule has 0 unspecified atom stereocenters. The Morgan fingerprint density at radius 1 is 1.03 bits per heavy atom. The van der Waals surface area contributed by atoms with Crippen molar-refractivity contribution in [1.82, 2.24) is 9.97 Å². The SMILES string of the molecule is CC(=O)Nc1cccc(NC(=O)c2cnc(N3CCC4(CC3)OCCO4)nc2)c1. The van der Waals surface area contributed by atoms with E-state index in [-0.39, 0.29) is 11.8 Å². The second-order valence-electron chi connectivity index (χ2n) is 7.08. The fourth-order valence-corrected chi connectivity index (χ4v) is 3.52. The minimum atomic E-state index is -0.442. The first-order valence-electron chi connectivity index (χ1n) is 9.57. The van der Waals surface area contributed by atoms with E-state index in [1.54, 1.807) is 24.3 Å². The molecule has 1 aromatic carbocycles. The van der Waals surface area contributed by atoms with Crippen molar-refractivity contribution in [2.45, 2.75) is 25.6 Å². The van der Waals surface area contributed by atoms with E-state index in [0.717, 1.165) is 25.9 Å². The topological polar surface area (TPSA) is 106 Å². The van der Waals surface area contributed by atoms with Crippen LogP contribution in [0.4, 0.5) is 17.3 Å². The summed E-state index contributed by atoms with van der Waals surface area (Å²) in [4.78, 5) is 34.4. The van der Waals surface area contributed by atoms with Crippen molar-refractivity contribution in [2.24, 2.45) is 0 Å². The molecule has 2 aliphatic heterocycles. The number of nitrogens with zero attached hydrogens (tertiary/aromatic N) is 3. The molecule has 0 atom stereocenters. The summed E-state index contributed by atoms with van der Waals surface area (Å²) in [6.45, 7) is 4.20. The van der Waals surface area contributed by atoms with E-state index in [0.29, 0.717) is 36.1 Å². The highest BCUT2D eigenvalue weighted by molar-refractivity contribution is 6.04. The summed E-state index contributed by atoms with van der Waals surface area (Å²) in [7, 11) is 0. The van der Waals surface area contributed by atoms with E-state index in [4.69, 9.17) is 9.47 Å². The average molecular weight is 397 g/mol. The van der Waals surface area contributed by atoms with Gasteiger partial charge in [-0.1, -0.05) is 6.07 Å². The number of carbonyl (C=O) groups excluding carboxylic acids is 2. The molecule has 9 nitrogen and oxygen atoms in total. The maximum Gasteiger partial charge on any atom is 0.258 e. The standard InChI is InChI=1S/C20H23N5O4/c1-14(26)23-16-3-2-4-17(11-16)24-18(27)15-12-21-19(22-13-15)25-7-5-20(6-8-25)28-9-10-29-20/h2-4,11-13H,5-10H2,1H3,(H,23,26)(H,24,27). The molecule has 1 aromatic heterocycles. The van der Waals surface area contributed by atoms with Gasteiger partial charge in [0, 0.05) is 56.6 Å². The monoisotopic (exact) mass is 397 g/mol. The van der Waals surface area contributed by atoms with Crippen LogP contribution in [0, 0.1) is 0 Å². The first-order chi connectivity index (χ1) is 14.0. The van der Waals surface area contributed by atoms with Crippen LogP contribution in [0.1, 0.15) is 30.1 Å². The predicted octanol–water partition coefficient (Wildman–Crippen LogP) is 2.03. The second-order valence-corrected chi connectivity index (χ2v) is 7.08. The smallest absolute Gasteiger partial charge is 0.258 e. The Balaban J connectivity index is 1.36. The first kappa shape index (κ1) is 19.3. The molecular formula is C20H23N5O4. The third kappa shape index (κ3) is 4.52. The molecule has 2 aromatic rings. The number of piperidine rings is 1. The van der Waals surface area contributed by atoms with Gasteiger partial charge in [-0.25, -0.2) is 9.97 Å². The molecule has 2 amide bonds. The molecule has 9 heteroatoms. The number of hydrogen-bond donors (Lipinski definition) is 2. The molecule has 152 valence electrons. The Hall–Kier alpha value is -3.04. The number of hydrogen-bond acceptors (Lipinski definition) is 7. The quantitative estimate of drug-likeness (QED) is 0.813. The molecule has 0 saturated carbocycles. The number of amides is 2. The molecule has 2 aliphatic rings. The number of nitrogens with one attached hydrogen (secondary N) is 2. The summed E-state index contributed by atoms with van der Waals surface area (Å²) in [5, 5.41) is 5.47. The Kier molecular flexibility index (Phi) is 5.41. The van der Waals surface area contributed by atoms with Crippen LogP contribution in [0.3, 0.4) is 0 Å². The summed E-state index contributed by atoms with van der Waals surface area (Å²) >= 11 is 0. The Morgan fingerprint density at radius 3 is 2.28 bits per heavy atom. The molecule has 2 saturated heterocycles. The number of anilines is 3. The lowest BCUT2D eigenvalue weighted by molar-refractivity contribution is -0.169. The van der Waals surface area contributed by atoms with Gasteiger partial charge in [0.15, 0.2) is 5.79 Å². The van der Waals surface area contributed by atoms with Crippen molar-refractivity contribution < 1.29 is 19.1 Å². The number of aromatic nitrogens is 2. The van der Waals surface area contributed by atoms with Crippen LogP contribution < -0.4 is 15.5 Å². The van der Waals surface area contributed by atoms with Crippen LogP contribution in [0.15, 0.2) is 36.7 Å². The molecule has 0 radical (unpaired) electrons. The van der Waals surface area contributed by atoms with E-state index in [9.17, 15) is 9.59 Å². The first-order valence-corrected chi connectivity index (χ1v) is 9.57. The van der Waals surface area contributed by atoms with Crippen LogP contribution in [-0.4, -0.2) is 53.9 Å². The number of rotatable bonds is 4. The van der Waals surface area contributed by atoms with E-state index >= 15 is 0 Å². The highest BCUT2D eigenvalue weighted by Crippen LogP contribution is 2.32. The van der Waals surface area contributed by atoms with Crippen molar-refractivity contribution in [3.8, 4) is 0 Å². The number of benzene rings is 1. The summed E-state index contributed by atoms with van der Waals surface area (Å²) in [6.07, 6.45) is 4.57. The third-order valence-electron chi connectivity index (χ3n) is 4.96. The lowest BCUT2D eigenvalue weighted by Gasteiger charge is -2.37. The lowest BCUT2D eigenvalue weighted by Crippen LogP contribution is -2.45. The van der Waals surface area contributed by atoms with Gasteiger partial charge in [0.1, 0.15) is 0 Å². The molecule has 2 N–H and O–H groups in total. The van der Waals surface area contributed by atoms with Crippen LogP contribution in [0.25, 0.3) is 0 Å². The summed E-state index contributed by atoms with van der Waals surface area (Å²) in [5.41, 5.74) is 1.54. The maximum atomic E-state index is 12.5. The highest BCUT2D eigenvalue weighted by atomic mass is 16.7. The van der Waals surface area contributed by atoms with Crippen molar-refractivity contribution in [1.29, 1.82) is 0 Å². The normalized spacial score (nSPS) is 17.9. The van der Waals surface area contributed by atoms with E-state index in [2.05, 4.69) is 25.5 Å². The fourth-order valence-electron chi connectivity index (χ4n) is 3.52. The molecule has 0 aliphatic carbocycles. The minimum absolute atomic E-state index is 0.174. The summed E-state index contributed by atoms with van der Waals surface area (Å²) in [6, 6.07) is 6.93. The van der Waals surface area contributed by atoms with Gasteiger partial charge in [0.25, 0.3) is 5.91 Å². The number of carbonyl (C=O) groups is 2. The van der Waals surface area contributed by atoms with Crippen molar-refractivity contribution in [3.05, 3.63) is 42.2 Å². The highest BCUT2D eigenvalue weighted by Gasteiger charge is 2.40. The van der Waals surface area contributed by atoms with E-state index < -0.39 is 5.79 Å². The molecule has 1 spiro atoms. The van der Waals surface area contributed by atoms with Crippen molar-refractivity contribution in [2.75, 3.05) is 41.8 Å². The van der Waals surface area contributed by atoms with Crippen LogP contribution >= 0.6 is 0 Å². The van der Waals surface area contributed by atoms with Crippen LogP contribution in [-0.2, 0) is 14.3 Å². The zero-order valence-corrected chi connectivity index (χ0v) is 16.2. The van der Waals surface area contributed by atoms with Crippen molar-refractivity contribution in [3.63, 3.8) is 0 Å². The fraction of sp³-hybridized carbons (Fsp3) is 0.400.